The molecule has 3 nitrogen and oxygen atoms in total. The number of hydrogen-bond acceptors (Lipinski definition) is 3. The van der Waals surface area contributed by atoms with E-state index in [9.17, 15) is 9.50 Å². The van der Waals surface area contributed by atoms with E-state index in [1.807, 2.05) is 18.2 Å². The molecule has 0 aromatic heterocycles. The fraction of sp³-hybridized carbons (Fsp3) is 0.478. The molecule has 0 radical (unpaired) electrons. The minimum Gasteiger partial charge on any atom is -0.385 e. The average molecular weight is 403 g/mol. The molecule has 4 rings (SSSR count). The summed E-state index contributed by atoms with van der Waals surface area (Å²) in [5, 5.41) is 11.9. The van der Waals surface area contributed by atoms with Crippen molar-refractivity contribution in [1.82, 2.24) is 9.80 Å². The third-order valence-electron chi connectivity index (χ3n) is 6.44. The van der Waals surface area contributed by atoms with Crippen molar-refractivity contribution in [3.05, 3.63) is 70.5 Å². The molecule has 1 heterocycles. The van der Waals surface area contributed by atoms with Crippen molar-refractivity contribution in [2.45, 2.75) is 43.9 Å². The number of halogens is 2. The molecule has 1 aliphatic carbocycles. The monoisotopic (exact) mass is 402 g/mol. The largest absolute Gasteiger partial charge is 0.385 e. The van der Waals surface area contributed by atoms with Crippen LogP contribution in [0.5, 0.6) is 0 Å². The minimum atomic E-state index is -0.809. The molecule has 1 aliphatic heterocycles. The Bertz CT molecular complexity index is 781. The molecule has 2 aromatic rings. The van der Waals surface area contributed by atoms with Gasteiger partial charge in [-0.3, -0.25) is 9.80 Å². The van der Waals surface area contributed by atoms with Crippen LogP contribution in [0.4, 0.5) is 4.39 Å². The Morgan fingerprint density at radius 2 is 1.61 bits per heavy atom. The molecular weight excluding hydrogens is 375 g/mol. The first-order valence-electron chi connectivity index (χ1n) is 10.2. The Balaban J connectivity index is 1.28. The van der Waals surface area contributed by atoms with Gasteiger partial charge in [-0.05, 0) is 55.0 Å². The van der Waals surface area contributed by atoms with Gasteiger partial charge in [-0.1, -0.05) is 41.9 Å². The van der Waals surface area contributed by atoms with Gasteiger partial charge in [-0.15, -0.1) is 0 Å². The van der Waals surface area contributed by atoms with Gasteiger partial charge in [0.15, 0.2) is 0 Å². The van der Waals surface area contributed by atoms with Crippen molar-refractivity contribution in [2.75, 3.05) is 26.2 Å². The average Bonchev–Trinajstić information content (AvgIpc) is 2.71. The van der Waals surface area contributed by atoms with Crippen molar-refractivity contribution in [3.8, 4) is 0 Å². The van der Waals surface area contributed by atoms with Gasteiger partial charge in [0.1, 0.15) is 5.82 Å². The second-order valence-corrected chi connectivity index (χ2v) is 8.58. The van der Waals surface area contributed by atoms with E-state index >= 15 is 0 Å². The second-order valence-electron chi connectivity index (χ2n) is 8.17. The maximum Gasteiger partial charge on any atom is 0.123 e. The standard InChI is InChI=1S/C23H28ClFN2O/c24-22-4-2-1-3-18(22)17-26-13-15-27(16-14-26)21-9-11-23(28,12-10-21)19-5-7-20(25)8-6-19/h1-8,21,28H,9-17H2. The summed E-state index contributed by atoms with van der Waals surface area (Å²) in [4.78, 5) is 5.04. The van der Waals surface area contributed by atoms with Crippen LogP contribution in [0.1, 0.15) is 36.8 Å². The van der Waals surface area contributed by atoms with Crippen LogP contribution in [0.15, 0.2) is 48.5 Å². The predicted molar refractivity (Wildman–Crippen MR) is 111 cm³/mol. The molecule has 5 heteroatoms. The lowest BCUT2D eigenvalue weighted by Crippen LogP contribution is -2.51. The van der Waals surface area contributed by atoms with Crippen LogP contribution in [0.25, 0.3) is 0 Å². The second kappa shape index (κ2) is 8.50. The molecule has 1 saturated heterocycles. The Hall–Kier alpha value is -1.46. The fourth-order valence-electron chi connectivity index (χ4n) is 4.65. The Kier molecular flexibility index (Phi) is 6.02. The Morgan fingerprint density at radius 1 is 0.964 bits per heavy atom. The van der Waals surface area contributed by atoms with Crippen molar-refractivity contribution in [3.63, 3.8) is 0 Å². The molecule has 0 atom stereocenters. The highest BCUT2D eigenvalue weighted by atomic mass is 35.5. The van der Waals surface area contributed by atoms with Crippen LogP contribution in [0.3, 0.4) is 0 Å². The molecule has 0 amide bonds. The molecule has 28 heavy (non-hydrogen) atoms. The third-order valence-corrected chi connectivity index (χ3v) is 6.81. The Labute approximate surface area is 171 Å². The zero-order chi connectivity index (χ0) is 19.6. The van der Waals surface area contributed by atoms with Gasteiger partial charge < -0.3 is 5.11 Å². The highest BCUT2D eigenvalue weighted by molar-refractivity contribution is 6.31. The molecule has 2 fully saturated rings. The van der Waals surface area contributed by atoms with Gasteiger partial charge in [0, 0.05) is 43.8 Å². The van der Waals surface area contributed by atoms with Crippen LogP contribution in [-0.2, 0) is 12.1 Å². The van der Waals surface area contributed by atoms with Gasteiger partial charge in [0.25, 0.3) is 0 Å². The first-order chi connectivity index (χ1) is 13.5. The molecule has 2 aromatic carbocycles. The van der Waals surface area contributed by atoms with Crippen LogP contribution in [0, 0.1) is 5.82 Å². The van der Waals surface area contributed by atoms with Crippen molar-refractivity contribution in [1.29, 1.82) is 0 Å². The summed E-state index contributed by atoms with van der Waals surface area (Å²) < 4.78 is 13.2. The van der Waals surface area contributed by atoms with Crippen LogP contribution < -0.4 is 0 Å². The molecule has 1 saturated carbocycles. The molecule has 2 aliphatic rings. The highest BCUT2D eigenvalue weighted by Crippen LogP contribution is 2.38. The number of rotatable bonds is 4. The lowest BCUT2D eigenvalue weighted by Gasteiger charge is -2.44. The van der Waals surface area contributed by atoms with Gasteiger partial charge in [0.2, 0.25) is 0 Å². The van der Waals surface area contributed by atoms with E-state index in [0.717, 1.165) is 69.0 Å². The van der Waals surface area contributed by atoms with E-state index in [-0.39, 0.29) is 5.82 Å². The van der Waals surface area contributed by atoms with E-state index in [4.69, 9.17) is 11.6 Å². The quantitative estimate of drug-likeness (QED) is 0.819. The van der Waals surface area contributed by atoms with E-state index in [1.54, 1.807) is 12.1 Å². The lowest BCUT2D eigenvalue weighted by atomic mass is 9.77. The van der Waals surface area contributed by atoms with Gasteiger partial charge in [-0.25, -0.2) is 4.39 Å². The van der Waals surface area contributed by atoms with Crippen LogP contribution >= 0.6 is 11.6 Å². The van der Waals surface area contributed by atoms with Crippen molar-refractivity contribution in [2.24, 2.45) is 0 Å². The third kappa shape index (κ3) is 4.41. The van der Waals surface area contributed by atoms with Gasteiger partial charge >= 0.3 is 0 Å². The van der Waals surface area contributed by atoms with Crippen molar-refractivity contribution < 1.29 is 9.50 Å². The number of hydrogen-bond donors (Lipinski definition) is 1. The fourth-order valence-corrected chi connectivity index (χ4v) is 4.84. The summed E-state index contributed by atoms with van der Waals surface area (Å²) in [6.45, 7) is 5.12. The molecule has 1 N–H and O–H groups in total. The first-order valence-corrected chi connectivity index (χ1v) is 10.6. The summed E-state index contributed by atoms with van der Waals surface area (Å²) >= 11 is 6.30. The molecule has 0 unspecified atom stereocenters. The zero-order valence-corrected chi connectivity index (χ0v) is 16.9. The Morgan fingerprint density at radius 3 is 2.25 bits per heavy atom. The molecule has 0 spiro atoms. The van der Waals surface area contributed by atoms with Crippen LogP contribution in [0.2, 0.25) is 5.02 Å². The summed E-state index contributed by atoms with van der Waals surface area (Å²) in [6.07, 6.45) is 3.45. The number of piperazine rings is 1. The maximum atomic E-state index is 13.2. The summed E-state index contributed by atoms with van der Waals surface area (Å²) in [6, 6.07) is 14.9. The number of aliphatic hydroxyl groups is 1. The minimum absolute atomic E-state index is 0.254. The SMILES string of the molecule is OC1(c2ccc(F)cc2)CCC(N2CCN(Cc3ccccc3Cl)CC2)CC1. The van der Waals surface area contributed by atoms with E-state index < -0.39 is 5.60 Å². The summed E-state index contributed by atoms with van der Waals surface area (Å²) in [5.41, 5.74) is 1.23. The highest BCUT2D eigenvalue weighted by Gasteiger charge is 2.37. The number of nitrogens with zero attached hydrogens (tertiary/aromatic N) is 2. The molecule has 0 bridgehead atoms. The van der Waals surface area contributed by atoms with Gasteiger partial charge in [0.05, 0.1) is 5.60 Å². The zero-order valence-electron chi connectivity index (χ0n) is 16.2. The van der Waals surface area contributed by atoms with E-state index in [2.05, 4.69) is 15.9 Å². The summed E-state index contributed by atoms with van der Waals surface area (Å²) in [7, 11) is 0. The number of benzene rings is 2. The molecular formula is C23H28ClFN2O. The lowest BCUT2D eigenvalue weighted by molar-refractivity contribution is -0.0320. The smallest absolute Gasteiger partial charge is 0.123 e. The normalized spacial score (nSPS) is 27.0. The molecule has 150 valence electrons. The van der Waals surface area contributed by atoms with E-state index in [0.29, 0.717) is 6.04 Å². The van der Waals surface area contributed by atoms with Crippen LogP contribution in [-0.4, -0.2) is 47.1 Å². The summed E-state index contributed by atoms with van der Waals surface area (Å²) in [5.74, 6) is -0.254. The van der Waals surface area contributed by atoms with Gasteiger partial charge in [-0.2, -0.15) is 0 Å². The van der Waals surface area contributed by atoms with Crippen molar-refractivity contribution >= 4 is 11.6 Å². The topological polar surface area (TPSA) is 26.7 Å². The van der Waals surface area contributed by atoms with E-state index in [1.165, 1.54) is 17.7 Å². The maximum absolute atomic E-state index is 13.2. The first kappa shape index (κ1) is 19.8. The predicted octanol–water partition coefficient (Wildman–Crippen LogP) is 4.43.